The Morgan fingerprint density at radius 1 is 1.12 bits per heavy atom. The van der Waals surface area contributed by atoms with Crippen molar-refractivity contribution in [3.05, 3.63) is 78.2 Å². The first kappa shape index (κ1) is 16.3. The van der Waals surface area contributed by atoms with E-state index >= 15 is 0 Å². The highest BCUT2D eigenvalue weighted by molar-refractivity contribution is 5.93. The number of rotatable bonds is 4. The molecule has 0 unspecified atom stereocenters. The Kier molecular flexibility index (Phi) is 4.60. The highest BCUT2D eigenvalue weighted by Gasteiger charge is 2.30. The topological polar surface area (TPSA) is 59.2 Å². The van der Waals surface area contributed by atoms with E-state index in [1.54, 1.807) is 12.3 Å². The van der Waals surface area contributed by atoms with Crippen molar-refractivity contribution < 1.29 is 9.32 Å². The van der Waals surface area contributed by atoms with E-state index in [1.807, 2.05) is 53.4 Å². The second-order valence-corrected chi connectivity index (χ2v) is 6.27. The summed E-state index contributed by atoms with van der Waals surface area (Å²) in [6.07, 6.45) is 7.79. The predicted octanol–water partition coefficient (Wildman–Crippen LogP) is 4.05. The van der Waals surface area contributed by atoms with Gasteiger partial charge in [-0.2, -0.15) is 0 Å². The molecule has 1 aliphatic rings. The molecule has 0 saturated carbocycles. The molecule has 1 aromatic carbocycles. The zero-order valence-electron chi connectivity index (χ0n) is 14.3. The molecule has 1 atom stereocenters. The van der Waals surface area contributed by atoms with Crippen LogP contribution in [0.3, 0.4) is 0 Å². The van der Waals surface area contributed by atoms with Crippen molar-refractivity contribution >= 4 is 12.0 Å². The Hall–Kier alpha value is -3.21. The van der Waals surface area contributed by atoms with E-state index in [4.69, 9.17) is 4.52 Å². The molecule has 26 heavy (non-hydrogen) atoms. The van der Waals surface area contributed by atoms with Crippen LogP contribution in [-0.2, 0) is 0 Å². The van der Waals surface area contributed by atoms with Crippen molar-refractivity contribution in [3.63, 3.8) is 0 Å². The quantitative estimate of drug-likeness (QED) is 0.715. The van der Waals surface area contributed by atoms with Gasteiger partial charge in [-0.1, -0.05) is 53.7 Å². The van der Waals surface area contributed by atoms with Gasteiger partial charge in [0.25, 0.3) is 5.91 Å². The largest absolute Gasteiger partial charge is 0.350 e. The van der Waals surface area contributed by atoms with Gasteiger partial charge in [-0.15, -0.1) is 0 Å². The van der Waals surface area contributed by atoms with Crippen molar-refractivity contribution in [1.29, 1.82) is 0 Å². The number of likely N-dealkylation sites (tertiary alicyclic amines) is 1. The first-order valence-corrected chi connectivity index (χ1v) is 8.73. The van der Waals surface area contributed by atoms with Crippen LogP contribution >= 0.6 is 0 Å². The maximum Gasteiger partial charge on any atom is 0.292 e. The molecule has 4 rings (SSSR count). The van der Waals surface area contributed by atoms with Gasteiger partial charge in [-0.05, 0) is 30.5 Å². The molecule has 0 aliphatic carbocycles. The fourth-order valence-electron chi connectivity index (χ4n) is 3.18. The van der Waals surface area contributed by atoms with Crippen molar-refractivity contribution in [2.45, 2.75) is 18.9 Å². The first-order valence-electron chi connectivity index (χ1n) is 8.73. The highest BCUT2D eigenvalue weighted by Crippen LogP contribution is 2.24. The molecule has 1 aliphatic heterocycles. The molecule has 2 aromatic heterocycles. The SMILES string of the molecule is O=C(c1cc(-c2ccccn2)no1)N1CCC[C@@H]1/C=C/c1ccccc1. The van der Waals surface area contributed by atoms with E-state index in [2.05, 4.69) is 22.3 Å². The average molecular weight is 345 g/mol. The summed E-state index contributed by atoms with van der Waals surface area (Å²) in [4.78, 5) is 18.9. The smallest absolute Gasteiger partial charge is 0.292 e. The number of nitrogens with zero attached hydrogens (tertiary/aromatic N) is 3. The van der Waals surface area contributed by atoms with Crippen molar-refractivity contribution in [1.82, 2.24) is 15.0 Å². The van der Waals surface area contributed by atoms with Crippen LogP contribution in [0.4, 0.5) is 0 Å². The Balaban J connectivity index is 1.50. The summed E-state index contributed by atoms with van der Waals surface area (Å²) < 4.78 is 5.30. The van der Waals surface area contributed by atoms with Crippen LogP contribution in [0.25, 0.3) is 17.5 Å². The third kappa shape index (κ3) is 3.42. The predicted molar refractivity (Wildman–Crippen MR) is 99.3 cm³/mol. The third-order valence-electron chi connectivity index (χ3n) is 4.52. The van der Waals surface area contributed by atoms with Gasteiger partial charge in [-0.3, -0.25) is 9.78 Å². The Morgan fingerprint density at radius 3 is 2.77 bits per heavy atom. The maximum atomic E-state index is 12.9. The number of carbonyl (C=O) groups excluding carboxylic acids is 1. The van der Waals surface area contributed by atoms with Gasteiger partial charge in [0, 0.05) is 18.8 Å². The highest BCUT2D eigenvalue weighted by atomic mass is 16.5. The van der Waals surface area contributed by atoms with Gasteiger partial charge >= 0.3 is 0 Å². The number of carbonyl (C=O) groups is 1. The molecule has 5 heteroatoms. The van der Waals surface area contributed by atoms with Crippen LogP contribution in [0.1, 0.15) is 29.0 Å². The van der Waals surface area contributed by atoms with Gasteiger partial charge in [0.15, 0.2) is 0 Å². The van der Waals surface area contributed by atoms with Crippen LogP contribution in [-0.4, -0.2) is 33.5 Å². The lowest BCUT2D eigenvalue weighted by atomic mass is 10.1. The van der Waals surface area contributed by atoms with Crippen LogP contribution in [0.5, 0.6) is 0 Å². The number of benzene rings is 1. The zero-order valence-corrected chi connectivity index (χ0v) is 14.3. The van der Waals surface area contributed by atoms with E-state index in [0.29, 0.717) is 11.4 Å². The van der Waals surface area contributed by atoms with Gasteiger partial charge < -0.3 is 9.42 Å². The van der Waals surface area contributed by atoms with Gasteiger partial charge in [0.05, 0.1) is 11.7 Å². The maximum absolute atomic E-state index is 12.9. The summed E-state index contributed by atoms with van der Waals surface area (Å²) in [5.74, 6) is 0.130. The molecule has 0 spiro atoms. The van der Waals surface area contributed by atoms with E-state index in [-0.39, 0.29) is 17.7 Å². The van der Waals surface area contributed by atoms with Crippen molar-refractivity contribution in [2.75, 3.05) is 6.54 Å². The number of hydrogen-bond acceptors (Lipinski definition) is 4. The fourth-order valence-corrected chi connectivity index (χ4v) is 3.18. The summed E-state index contributed by atoms with van der Waals surface area (Å²) in [6, 6.07) is 17.4. The summed E-state index contributed by atoms with van der Waals surface area (Å²) in [5, 5.41) is 3.99. The summed E-state index contributed by atoms with van der Waals surface area (Å²) >= 11 is 0. The zero-order chi connectivity index (χ0) is 17.8. The van der Waals surface area contributed by atoms with Gasteiger partial charge in [-0.25, -0.2) is 0 Å². The molecule has 1 saturated heterocycles. The Morgan fingerprint density at radius 2 is 1.96 bits per heavy atom. The minimum absolute atomic E-state index is 0.0751. The minimum atomic E-state index is -0.125. The summed E-state index contributed by atoms with van der Waals surface area (Å²) in [7, 11) is 0. The monoisotopic (exact) mass is 345 g/mol. The van der Waals surface area contributed by atoms with Crippen LogP contribution < -0.4 is 0 Å². The molecule has 0 N–H and O–H groups in total. The number of amides is 1. The normalized spacial score (nSPS) is 17.1. The lowest BCUT2D eigenvalue weighted by Crippen LogP contribution is -2.34. The lowest BCUT2D eigenvalue weighted by molar-refractivity contribution is 0.0720. The number of aromatic nitrogens is 2. The molecular weight excluding hydrogens is 326 g/mol. The molecular formula is C21H19N3O2. The Bertz CT molecular complexity index is 903. The van der Waals surface area contributed by atoms with Gasteiger partial charge in [0.2, 0.25) is 5.76 Å². The molecule has 5 nitrogen and oxygen atoms in total. The molecule has 3 aromatic rings. The van der Waals surface area contributed by atoms with Crippen molar-refractivity contribution in [3.8, 4) is 11.4 Å². The second-order valence-electron chi connectivity index (χ2n) is 6.27. The van der Waals surface area contributed by atoms with Crippen molar-refractivity contribution in [2.24, 2.45) is 0 Å². The fraction of sp³-hybridized carbons (Fsp3) is 0.190. The lowest BCUT2D eigenvalue weighted by Gasteiger charge is -2.20. The van der Waals surface area contributed by atoms with E-state index < -0.39 is 0 Å². The summed E-state index contributed by atoms with van der Waals surface area (Å²) in [5.41, 5.74) is 2.39. The molecule has 0 radical (unpaired) electrons. The minimum Gasteiger partial charge on any atom is -0.350 e. The average Bonchev–Trinajstić information content (AvgIpc) is 3.37. The van der Waals surface area contributed by atoms with E-state index in [9.17, 15) is 4.79 Å². The summed E-state index contributed by atoms with van der Waals surface area (Å²) in [6.45, 7) is 0.724. The van der Waals surface area contributed by atoms with Gasteiger partial charge in [0.1, 0.15) is 5.69 Å². The van der Waals surface area contributed by atoms with E-state index in [0.717, 1.165) is 24.9 Å². The van der Waals surface area contributed by atoms with Crippen LogP contribution in [0.15, 0.2) is 71.4 Å². The third-order valence-corrected chi connectivity index (χ3v) is 4.52. The molecule has 0 bridgehead atoms. The standard InChI is InChI=1S/C21H19N3O2/c25-21(20-15-19(23-26-20)18-10-4-5-13-22-18)24-14-6-9-17(24)12-11-16-7-2-1-3-8-16/h1-5,7-8,10-13,15,17H,6,9,14H2/b12-11+/t17-/m1/s1. The molecule has 3 heterocycles. The number of pyridine rings is 1. The number of hydrogen-bond donors (Lipinski definition) is 0. The molecule has 1 fully saturated rings. The van der Waals surface area contributed by atoms with Crippen LogP contribution in [0.2, 0.25) is 0 Å². The Labute approximate surface area is 152 Å². The van der Waals surface area contributed by atoms with E-state index in [1.165, 1.54) is 0 Å². The first-order chi connectivity index (χ1) is 12.8. The second kappa shape index (κ2) is 7.35. The molecule has 130 valence electrons. The molecule has 1 amide bonds. The van der Waals surface area contributed by atoms with Crippen LogP contribution in [0, 0.1) is 0 Å².